The Bertz CT molecular complexity index is 1160. The van der Waals surface area contributed by atoms with Crippen molar-refractivity contribution in [3.63, 3.8) is 0 Å². The van der Waals surface area contributed by atoms with Gasteiger partial charge in [0, 0.05) is 6.42 Å². The SMILES string of the molecule is CC(C)c1ccc(CC(=O)C2(c3ccc4c(c3)OCO4)CC2)cc1-c1ccc(CO)cc1. The molecule has 0 aromatic heterocycles. The maximum absolute atomic E-state index is 13.4. The third kappa shape index (κ3) is 3.69. The van der Waals surface area contributed by atoms with Crippen LogP contribution in [0.4, 0.5) is 0 Å². The molecule has 5 rings (SSSR count). The van der Waals surface area contributed by atoms with Gasteiger partial charge in [-0.05, 0) is 64.3 Å². The Morgan fingerprint density at radius 2 is 1.66 bits per heavy atom. The number of carbonyl (C=O) groups is 1. The van der Waals surface area contributed by atoms with E-state index in [4.69, 9.17) is 9.47 Å². The fraction of sp³-hybridized carbons (Fsp3) is 0.321. The number of Topliss-reactive ketones (excluding diaryl/α,β-unsaturated/α-hetero) is 1. The van der Waals surface area contributed by atoms with E-state index in [9.17, 15) is 9.90 Å². The van der Waals surface area contributed by atoms with E-state index in [1.165, 1.54) is 5.56 Å². The van der Waals surface area contributed by atoms with Crippen molar-refractivity contribution in [2.45, 2.75) is 51.0 Å². The van der Waals surface area contributed by atoms with Crippen LogP contribution in [0, 0.1) is 0 Å². The topological polar surface area (TPSA) is 55.8 Å². The zero-order valence-electron chi connectivity index (χ0n) is 18.6. The second-order valence-electron chi connectivity index (χ2n) is 9.18. The molecule has 0 amide bonds. The fourth-order valence-corrected chi connectivity index (χ4v) is 4.66. The average molecular weight is 429 g/mol. The highest BCUT2D eigenvalue weighted by molar-refractivity contribution is 5.95. The van der Waals surface area contributed by atoms with Crippen molar-refractivity contribution in [1.29, 1.82) is 0 Å². The van der Waals surface area contributed by atoms with Gasteiger partial charge in [-0.3, -0.25) is 4.79 Å². The minimum absolute atomic E-state index is 0.0355. The monoisotopic (exact) mass is 428 g/mol. The minimum atomic E-state index is -0.402. The van der Waals surface area contributed by atoms with Gasteiger partial charge in [-0.15, -0.1) is 0 Å². The van der Waals surface area contributed by atoms with Gasteiger partial charge in [0.15, 0.2) is 11.5 Å². The van der Waals surface area contributed by atoms with Crippen LogP contribution >= 0.6 is 0 Å². The van der Waals surface area contributed by atoms with E-state index in [1.807, 2.05) is 42.5 Å². The summed E-state index contributed by atoms with van der Waals surface area (Å²) in [4.78, 5) is 13.4. The molecule has 0 radical (unpaired) electrons. The molecular formula is C28H28O4. The van der Waals surface area contributed by atoms with Crippen molar-refractivity contribution in [3.8, 4) is 22.6 Å². The van der Waals surface area contributed by atoms with Crippen LogP contribution in [-0.2, 0) is 23.2 Å². The summed E-state index contributed by atoms with van der Waals surface area (Å²) >= 11 is 0. The molecule has 4 nitrogen and oxygen atoms in total. The van der Waals surface area contributed by atoms with E-state index < -0.39 is 5.41 Å². The van der Waals surface area contributed by atoms with Crippen LogP contribution in [0.1, 0.15) is 54.9 Å². The van der Waals surface area contributed by atoms with Crippen LogP contribution < -0.4 is 9.47 Å². The summed E-state index contributed by atoms with van der Waals surface area (Å²) < 4.78 is 10.9. The van der Waals surface area contributed by atoms with Gasteiger partial charge in [0.05, 0.1) is 12.0 Å². The molecule has 164 valence electrons. The van der Waals surface area contributed by atoms with Gasteiger partial charge in [-0.1, -0.05) is 62.4 Å². The first-order valence-electron chi connectivity index (χ1n) is 11.3. The molecule has 0 spiro atoms. The lowest BCUT2D eigenvalue weighted by Crippen LogP contribution is -2.22. The van der Waals surface area contributed by atoms with E-state index in [1.54, 1.807) is 0 Å². The normalized spacial score (nSPS) is 15.8. The molecule has 0 bridgehead atoms. The molecular weight excluding hydrogens is 400 g/mol. The Morgan fingerprint density at radius 3 is 2.34 bits per heavy atom. The molecule has 2 aliphatic rings. The van der Waals surface area contributed by atoms with Crippen LogP contribution in [0.15, 0.2) is 60.7 Å². The predicted octanol–water partition coefficient (Wildman–Crippen LogP) is 5.54. The van der Waals surface area contributed by atoms with Crippen LogP contribution in [0.3, 0.4) is 0 Å². The molecule has 32 heavy (non-hydrogen) atoms. The Morgan fingerprint density at radius 1 is 0.938 bits per heavy atom. The van der Waals surface area contributed by atoms with Crippen molar-refractivity contribution in [1.82, 2.24) is 0 Å². The number of ketones is 1. The highest BCUT2D eigenvalue weighted by Gasteiger charge is 2.50. The predicted molar refractivity (Wildman–Crippen MR) is 124 cm³/mol. The van der Waals surface area contributed by atoms with E-state index in [-0.39, 0.29) is 19.2 Å². The number of aliphatic hydroxyl groups is 1. The zero-order chi connectivity index (χ0) is 22.3. The minimum Gasteiger partial charge on any atom is -0.454 e. The number of carbonyl (C=O) groups excluding carboxylic acids is 1. The number of fused-ring (bicyclic) bond motifs is 1. The summed E-state index contributed by atoms with van der Waals surface area (Å²) in [7, 11) is 0. The van der Waals surface area contributed by atoms with Gasteiger partial charge < -0.3 is 14.6 Å². The Labute approximate surface area is 188 Å². The third-order valence-electron chi connectivity index (χ3n) is 6.76. The van der Waals surface area contributed by atoms with Gasteiger partial charge in [0.1, 0.15) is 5.78 Å². The van der Waals surface area contributed by atoms with Crippen LogP contribution in [0.5, 0.6) is 11.5 Å². The second-order valence-corrected chi connectivity index (χ2v) is 9.18. The molecule has 1 heterocycles. The summed E-state index contributed by atoms with van der Waals surface area (Å²) in [6.45, 7) is 4.65. The maximum Gasteiger partial charge on any atom is 0.231 e. The first kappa shape index (κ1) is 20.8. The highest BCUT2D eigenvalue weighted by Crippen LogP contribution is 2.51. The van der Waals surface area contributed by atoms with Crippen molar-refractivity contribution >= 4 is 5.78 Å². The smallest absolute Gasteiger partial charge is 0.231 e. The quantitative estimate of drug-likeness (QED) is 0.537. The number of ether oxygens (including phenoxy) is 2. The molecule has 4 heteroatoms. The zero-order valence-corrected chi connectivity index (χ0v) is 18.6. The van der Waals surface area contributed by atoms with Crippen molar-refractivity contribution in [2.75, 3.05) is 6.79 Å². The molecule has 3 aromatic rings. The fourth-order valence-electron chi connectivity index (χ4n) is 4.66. The summed E-state index contributed by atoms with van der Waals surface area (Å²) in [5.74, 6) is 2.11. The van der Waals surface area contributed by atoms with Crippen molar-refractivity contribution < 1.29 is 19.4 Å². The Balaban J connectivity index is 1.43. The molecule has 1 aliphatic heterocycles. The number of aliphatic hydroxyl groups excluding tert-OH is 1. The maximum atomic E-state index is 13.4. The average Bonchev–Trinajstić information content (AvgIpc) is 3.50. The lowest BCUT2D eigenvalue weighted by molar-refractivity contribution is -0.120. The molecule has 1 fully saturated rings. The van der Waals surface area contributed by atoms with Crippen LogP contribution in [-0.4, -0.2) is 17.7 Å². The molecule has 3 aromatic carbocycles. The van der Waals surface area contributed by atoms with E-state index in [2.05, 4.69) is 32.0 Å². The Hall–Kier alpha value is -3.11. The third-order valence-corrected chi connectivity index (χ3v) is 6.76. The van der Waals surface area contributed by atoms with E-state index >= 15 is 0 Å². The molecule has 0 unspecified atom stereocenters. The summed E-state index contributed by atoms with van der Waals surface area (Å²) in [5, 5.41) is 9.36. The molecule has 0 saturated heterocycles. The first-order chi connectivity index (χ1) is 15.5. The highest BCUT2D eigenvalue weighted by atomic mass is 16.7. The molecule has 1 aliphatic carbocycles. The summed E-state index contributed by atoms with van der Waals surface area (Å²) in [5.41, 5.74) is 6.08. The van der Waals surface area contributed by atoms with Crippen LogP contribution in [0.25, 0.3) is 11.1 Å². The lowest BCUT2D eigenvalue weighted by Gasteiger charge is -2.18. The van der Waals surface area contributed by atoms with Crippen molar-refractivity contribution in [2.24, 2.45) is 0 Å². The van der Waals surface area contributed by atoms with Gasteiger partial charge >= 0.3 is 0 Å². The van der Waals surface area contributed by atoms with Crippen molar-refractivity contribution in [3.05, 3.63) is 82.9 Å². The second kappa shape index (κ2) is 8.10. The number of rotatable bonds is 7. The first-order valence-corrected chi connectivity index (χ1v) is 11.3. The lowest BCUT2D eigenvalue weighted by atomic mass is 9.85. The summed E-state index contributed by atoms with van der Waals surface area (Å²) in [6.07, 6.45) is 2.17. The van der Waals surface area contributed by atoms with Gasteiger partial charge in [-0.2, -0.15) is 0 Å². The van der Waals surface area contributed by atoms with E-state index in [0.29, 0.717) is 12.3 Å². The Kier molecular flexibility index (Phi) is 5.26. The standard InChI is InChI=1S/C28H28O4/c1-18(2)23-9-5-20(13-24(23)21-6-3-19(16-29)4-7-21)14-27(30)28(11-12-28)22-8-10-25-26(15-22)32-17-31-25/h3-10,13,15,18,29H,11-12,14,16-17H2,1-2H3. The number of hydrogen-bond acceptors (Lipinski definition) is 4. The molecule has 1 saturated carbocycles. The van der Waals surface area contributed by atoms with Gasteiger partial charge in [-0.25, -0.2) is 0 Å². The summed E-state index contributed by atoms with van der Waals surface area (Å²) in [6, 6.07) is 20.3. The molecule has 0 atom stereocenters. The molecule has 1 N–H and O–H groups in total. The van der Waals surface area contributed by atoms with Gasteiger partial charge in [0.2, 0.25) is 6.79 Å². The van der Waals surface area contributed by atoms with E-state index in [0.717, 1.165) is 52.2 Å². The van der Waals surface area contributed by atoms with Crippen LogP contribution in [0.2, 0.25) is 0 Å². The number of benzene rings is 3. The number of hydrogen-bond donors (Lipinski definition) is 1. The largest absolute Gasteiger partial charge is 0.454 e. The van der Waals surface area contributed by atoms with Gasteiger partial charge in [0.25, 0.3) is 0 Å².